The summed E-state index contributed by atoms with van der Waals surface area (Å²) in [6.07, 6.45) is 10.0. The number of likely N-dealkylation sites (tertiary alicyclic amines) is 1. The largest absolute Gasteiger partial charge is 0.489 e. The number of benzene rings is 3. The van der Waals surface area contributed by atoms with Crippen LogP contribution in [0.4, 0.5) is 17.1 Å². The monoisotopic (exact) mass is 991 g/mol. The minimum Gasteiger partial charge on any atom is -0.489 e. The van der Waals surface area contributed by atoms with E-state index in [0.717, 1.165) is 56.2 Å². The second kappa shape index (κ2) is 19.6. The molecule has 0 radical (unpaired) electrons. The van der Waals surface area contributed by atoms with Crippen molar-refractivity contribution in [2.75, 3.05) is 63.3 Å². The highest BCUT2D eigenvalue weighted by Gasteiger charge is 2.49. The van der Waals surface area contributed by atoms with Crippen molar-refractivity contribution in [1.82, 2.24) is 19.6 Å². The predicted molar refractivity (Wildman–Crippen MR) is 270 cm³/mol. The van der Waals surface area contributed by atoms with E-state index in [1.54, 1.807) is 44.5 Å². The maximum atomic E-state index is 14.4. The molecule has 3 aromatic carbocycles. The number of nitro groups is 1. The molecule has 5 aromatic rings. The number of nitrogens with zero attached hydrogens (tertiary/aromatic N) is 4. The first-order valence-electron chi connectivity index (χ1n) is 25.1. The second-order valence-corrected chi connectivity index (χ2v) is 22.7. The molecule has 4 fully saturated rings. The third kappa shape index (κ3) is 10.00. The number of rotatable bonds is 15. The van der Waals surface area contributed by atoms with Gasteiger partial charge in [-0.15, -0.1) is 0 Å². The molecule has 378 valence electrons. The van der Waals surface area contributed by atoms with Crippen LogP contribution >= 0.6 is 0 Å². The van der Waals surface area contributed by atoms with E-state index >= 15 is 0 Å². The molecule has 1 spiro atoms. The fourth-order valence-electron chi connectivity index (χ4n) is 11.9. The van der Waals surface area contributed by atoms with Crippen LogP contribution in [0.3, 0.4) is 0 Å². The van der Waals surface area contributed by atoms with Gasteiger partial charge in [-0.05, 0) is 117 Å². The van der Waals surface area contributed by atoms with Gasteiger partial charge in [0.1, 0.15) is 24.6 Å². The number of pyridine rings is 1. The first-order chi connectivity index (χ1) is 34.1. The highest BCUT2D eigenvalue weighted by molar-refractivity contribution is 7.90. The summed E-state index contributed by atoms with van der Waals surface area (Å²) in [5.74, 6) is 0.509. The number of aliphatic hydroxyl groups is 1. The van der Waals surface area contributed by atoms with E-state index in [1.165, 1.54) is 36.5 Å². The number of carbonyl (C=O) groups is 1. The number of carbonyl (C=O) groups excluding carboxylic acids is 1. The lowest BCUT2D eigenvalue weighted by Crippen LogP contribution is -2.63. The van der Waals surface area contributed by atoms with Gasteiger partial charge in [0.2, 0.25) is 0 Å². The lowest BCUT2D eigenvalue weighted by Gasteiger charge is -2.57. The Kier molecular flexibility index (Phi) is 13.4. The summed E-state index contributed by atoms with van der Waals surface area (Å²) in [5, 5.41) is 26.9. The third-order valence-electron chi connectivity index (χ3n) is 15.9. The first-order valence-corrected chi connectivity index (χ1v) is 26.6. The number of aromatic amines is 1. The number of ether oxygens (including phenoxy) is 4. The van der Waals surface area contributed by atoms with E-state index < -0.39 is 37.0 Å². The molecule has 3 atom stereocenters. The Bertz CT molecular complexity index is 2900. The van der Waals surface area contributed by atoms with Crippen molar-refractivity contribution in [3.8, 4) is 23.1 Å². The minimum absolute atomic E-state index is 0.0128. The zero-order valence-electron chi connectivity index (χ0n) is 40.9. The van der Waals surface area contributed by atoms with Gasteiger partial charge in [0.15, 0.2) is 17.2 Å². The SMILES string of the molecule is COCCOc1nc2[nH]ccc2cc1Oc1cc(N2CCC3(CC2)CN([C@H]2CCC[C@H]2c2ccccc2C(C)C)C3)ccc1C(=O)NS(=O)(=O)c1cc2c(c([N+](=O)[O-])c1)N[C@@H]([C@H]1CC[C@](C)(O)CC1)CO2. The summed E-state index contributed by atoms with van der Waals surface area (Å²) in [5.41, 5.74) is 3.28. The number of hydrogen-bond donors (Lipinski definition) is 4. The summed E-state index contributed by atoms with van der Waals surface area (Å²) in [6.45, 7) is 10.7. The number of sulfonamides is 1. The van der Waals surface area contributed by atoms with Gasteiger partial charge in [-0.3, -0.25) is 19.8 Å². The van der Waals surface area contributed by atoms with Gasteiger partial charge in [0, 0.05) is 74.8 Å². The molecule has 5 heterocycles. The van der Waals surface area contributed by atoms with Gasteiger partial charge in [0.05, 0.1) is 33.6 Å². The number of methoxy groups -OCH3 is 1. The van der Waals surface area contributed by atoms with E-state index in [0.29, 0.717) is 49.2 Å². The van der Waals surface area contributed by atoms with Gasteiger partial charge in [0.25, 0.3) is 27.5 Å². The molecule has 18 heteroatoms. The van der Waals surface area contributed by atoms with E-state index in [2.05, 4.69) is 67.9 Å². The Labute approximate surface area is 414 Å². The van der Waals surface area contributed by atoms with Crippen LogP contribution in [0.1, 0.15) is 112 Å². The van der Waals surface area contributed by atoms with Crippen LogP contribution in [0.5, 0.6) is 23.1 Å². The Morgan fingerprint density at radius 3 is 2.52 bits per heavy atom. The quantitative estimate of drug-likeness (QED) is 0.0439. The molecule has 0 bridgehead atoms. The molecule has 4 N–H and O–H groups in total. The van der Waals surface area contributed by atoms with Crippen molar-refractivity contribution < 1.29 is 42.2 Å². The van der Waals surface area contributed by atoms with Crippen molar-refractivity contribution in [3.05, 3.63) is 99.7 Å². The molecule has 2 aliphatic carbocycles. The second-order valence-electron chi connectivity index (χ2n) is 21.0. The van der Waals surface area contributed by atoms with Crippen molar-refractivity contribution in [2.45, 2.75) is 113 Å². The van der Waals surface area contributed by atoms with Gasteiger partial charge in [-0.1, -0.05) is 44.5 Å². The molecular weight excluding hydrogens is 927 g/mol. The summed E-state index contributed by atoms with van der Waals surface area (Å²) < 4.78 is 54.2. The van der Waals surface area contributed by atoms with Crippen LogP contribution in [-0.2, 0) is 14.8 Å². The Hall–Kier alpha value is -5.95. The fraction of sp³-hybridized carbons (Fsp3) is 0.509. The van der Waals surface area contributed by atoms with Gasteiger partial charge >= 0.3 is 0 Å². The molecule has 0 unspecified atom stereocenters. The van der Waals surface area contributed by atoms with Crippen LogP contribution in [0.25, 0.3) is 11.0 Å². The molecule has 2 saturated heterocycles. The zero-order valence-corrected chi connectivity index (χ0v) is 41.8. The Balaban J connectivity index is 0.889. The molecule has 1 amide bonds. The number of H-pyrrole nitrogens is 1. The highest BCUT2D eigenvalue weighted by atomic mass is 32.2. The zero-order chi connectivity index (χ0) is 49.7. The number of piperidine rings is 1. The maximum absolute atomic E-state index is 14.4. The molecule has 71 heavy (non-hydrogen) atoms. The van der Waals surface area contributed by atoms with Crippen molar-refractivity contribution >= 4 is 44.0 Å². The third-order valence-corrected chi connectivity index (χ3v) is 17.2. The number of anilines is 2. The number of nitro benzene ring substituents is 1. The lowest BCUT2D eigenvalue weighted by atomic mass is 9.70. The first kappa shape index (κ1) is 48.7. The summed E-state index contributed by atoms with van der Waals surface area (Å²) in [7, 11) is -3.16. The molecule has 3 aliphatic heterocycles. The van der Waals surface area contributed by atoms with Crippen molar-refractivity contribution in [3.63, 3.8) is 0 Å². The van der Waals surface area contributed by atoms with E-state index in [1.807, 2.05) is 6.07 Å². The van der Waals surface area contributed by atoms with Crippen molar-refractivity contribution in [1.29, 1.82) is 0 Å². The van der Waals surface area contributed by atoms with Crippen LogP contribution < -0.4 is 29.1 Å². The van der Waals surface area contributed by atoms with E-state index in [-0.39, 0.29) is 71.6 Å². The predicted octanol–water partition coefficient (Wildman–Crippen LogP) is 8.88. The standard InChI is InChI=1S/C53H65N7O10S/c1-33(2)38-8-5-6-9-39(38)40-10-7-11-43(40)59-31-53(32-59)19-22-58(23-20-53)36-12-13-41(45(27-36)70-47-26-35-16-21-54-49(35)56-51(47)68-25-24-67-4)50(61)57-71(65,66)37-28-44(60(63)64)48-46(29-37)69-30-42(55-48)34-14-17-52(3,62)18-15-34/h5-6,8-9,12-13,16,21,26-29,33-34,40,42-43,55,62H,7,10-11,14-15,17-20,22-25,30-32H2,1-4H3,(H,54,56)(H,57,61)/t34-,40-,42+,43-,52-/m0/s1. The van der Waals surface area contributed by atoms with Crippen molar-refractivity contribution in [2.24, 2.45) is 11.3 Å². The van der Waals surface area contributed by atoms with Gasteiger partial charge < -0.3 is 39.3 Å². The van der Waals surface area contributed by atoms with Gasteiger partial charge in [-0.25, -0.2) is 13.1 Å². The normalized spacial score (nSPS) is 24.2. The summed E-state index contributed by atoms with van der Waals surface area (Å²) in [4.78, 5) is 38.4. The number of hydrogen-bond acceptors (Lipinski definition) is 14. The van der Waals surface area contributed by atoms with Gasteiger partial charge in [-0.2, -0.15) is 4.98 Å². The Morgan fingerprint density at radius 1 is 1.00 bits per heavy atom. The molecule has 2 saturated carbocycles. The average Bonchev–Trinajstić information content (AvgIpc) is 4.02. The molecular formula is C53H65N7O10S. The van der Waals surface area contributed by atoms with Crippen LogP contribution in [-0.4, -0.2) is 110 Å². The molecule has 5 aliphatic rings. The number of fused-ring (bicyclic) bond motifs is 2. The lowest BCUT2D eigenvalue weighted by molar-refractivity contribution is -0.384. The molecule has 17 nitrogen and oxygen atoms in total. The summed E-state index contributed by atoms with van der Waals surface area (Å²) >= 11 is 0. The minimum atomic E-state index is -4.72. The summed E-state index contributed by atoms with van der Waals surface area (Å²) in [6, 6.07) is 20.0. The topological polar surface area (TPSA) is 211 Å². The number of amides is 1. The number of nitrogens with one attached hydrogen (secondary N) is 3. The fourth-order valence-corrected chi connectivity index (χ4v) is 12.9. The highest BCUT2D eigenvalue weighted by Crippen LogP contribution is 2.49. The van der Waals surface area contributed by atoms with E-state index in [9.17, 15) is 28.4 Å². The van der Waals surface area contributed by atoms with Crippen LogP contribution in [0.2, 0.25) is 0 Å². The molecule has 10 rings (SSSR count). The van der Waals surface area contributed by atoms with Crippen LogP contribution in [0, 0.1) is 21.4 Å². The number of aromatic nitrogens is 2. The average molecular weight is 992 g/mol. The molecule has 2 aromatic heterocycles. The maximum Gasteiger partial charge on any atom is 0.297 e. The van der Waals surface area contributed by atoms with Crippen LogP contribution in [0.15, 0.2) is 77.8 Å². The smallest absolute Gasteiger partial charge is 0.297 e. The Morgan fingerprint density at radius 2 is 1.77 bits per heavy atom. The van der Waals surface area contributed by atoms with E-state index in [4.69, 9.17) is 18.9 Å².